The van der Waals surface area contributed by atoms with Crippen LogP contribution in [-0.4, -0.2) is 43.9 Å². The molecule has 0 radical (unpaired) electrons. The van der Waals surface area contributed by atoms with Gasteiger partial charge in [0.1, 0.15) is 0 Å². The van der Waals surface area contributed by atoms with E-state index in [-0.39, 0.29) is 13.1 Å². The maximum absolute atomic E-state index is 13.3. The van der Waals surface area contributed by atoms with Crippen LogP contribution in [0.3, 0.4) is 0 Å². The smallest absolute Gasteiger partial charge is 0.345 e. The van der Waals surface area contributed by atoms with E-state index in [1.807, 2.05) is 34.5 Å². The first kappa shape index (κ1) is 22.3. The molecule has 1 aliphatic rings. The van der Waals surface area contributed by atoms with Crippen molar-refractivity contribution in [2.24, 2.45) is 0 Å². The summed E-state index contributed by atoms with van der Waals surface area (Å²) in [7, 11) is -4.26. The zero-order valence-corrected chi connectivity index (χ0v) is 19.2. The summed E-state index contributed by atoms with van der Waals surface area (Å²) in [4.78, 5) is 5.89. The van der Waals surface area contributed by atoms with Gasteiger partial charge in [-0.15, -0.1) is 11.3 Å². The quantitative estimate of drug-likeness (QED) is 0.469. The highest BCUT2D eigenvalue weighted by atomic mass is 79.9. The molecule has 164 valence electrons. The summed E-state index contributed by atoms with van der Waals surface area (Å²) in [5, 5.41) is 2.68. The predicted octanol–water partition coefficient (Wildman–Crippen LogP) is 5.10. The van der Waals surface area contributed by atoms with Gasteiger partial charge < -0.3 is 4.90 Å². The minimum atomic E-state index is -4.74. The molecule has 0 unspecified atom stereocenters. The van der Waals surface area contributed by atoms with Crippen LogP contribution in [0.15, 0.2) is 63.3 Å². The summed E-state index contributed by atoms with van der Waals surface area (Å²) >= 11 is 4.89. The van der Waals surface area contributed by atoms with Crippen molar-refractivity contribution in [3.63, 3.8) is 0 Å². The molecule has 0 aliphatic carbocycles. The summed E-state index contributed by atoms with van der Waals surface area (Å²) in [6.07, 6.45) is -4.74. The van der Waals surface area contributed by atoms with Crippen molar-refractivity contribution in [3.05, 3.63) is 63.9 Å². The van der Waals surface area contributed by atoms with E-state index in [0.29, 0.717) is 13.1 Å². The average molecular weight is 532 g/mol. The number of sulfonamides is 1. The highest BCUT2D eigenvalue weighted by Crippen LogP contribution is 2.36. The van der Waals surface area contributed by atoms with Crippen LogP contribution in [0, 0.1) is 0 Å². The number of hydrogen-bond donors (Lipinski definition) is 0. The van der Waals surface area contributed by atoms with Gasteiger partial charge in [-0.25, -0.2) is 13.4 Å². The lowest BCUT2D eigenvalue weighted by atomic mass is 10.2. The van der Waals surface area contributed by atoms with Gasteiger partial charge in [-0.05, 0) is 24.3 Å². The standard InChI is InChI=1S/C20H17BrF3N3O2S2/c21-15-5-3-4-14(12-15)17-13-30-19(25-17)26-8-10-27(11-9-26)31(28,29)18-7-2-1-6-16(18)20(22,23)24/h1-7,12-13H,8-11H2. The van der Waals surface area contributed by atoms with Crippen molar-refractivity contribution >= 4 is 42.4 Å². The molecular weight excluding hydrogens is 515 g/mol. The van der Waals surface area contributed by atoms with Gasteiger partial charge in [-0.3, -0.25) is 0 Å². The van der Waals surface area contributed by atoms with Crippen LogP contribution < -0.4 is 4.90 Å². The highest BCUT2D eigenvalue weighted by Gasteiger charge is 2.39. The van der Waals surface area contributed by atoms with Gasteiger partial charge >= 0.3 is 6.18 Å². The molecule has 2 aromatic carbocycles. The molecule has 1 fully saturated rings. The number of halogens is 4. The molecule has 0 N–H and O–H groups in total. The van der Waals surface area contributed by atoms with E-state index in [4.69, 9.17) is 0 Å². The normalized spacial score (nSPS) is 15.9. The van der Waals surface area contributed by atoms with Gasteiger partial charge in [0.05, 0.1) is 16.2 Å². The lowest BCUT2D eigenvalue weighted by Crippen LogP contribution is -2.48. The number of rotatable bonds is 4. The molecule has 5 nitrogen and oxygen atoms in total. The highest BCUT2D eigenvalue weighted by molar-refractivity contribution is 9.10. The fourth-order valence-electron chi connectivity index (χ4n) is 3.37. The largest absolute Gasteiger partial charge is 0.417 e. The van der Waals surface area contributed by atoms with Crippen LogP contribution in [0.5, 0.6) is 0 Å². The van der Waals surface area contributed by atoms with Gasteiger partial charge in [0.25, 0.3) is 0 Å². The third-order valence-corrected chi connectivity index (χ3v) is 8.28. The number of alkyl halides is 3. The minimum Gasteiger partial charge on any atom is -0.345 e. The number of aromatic nitrogens is 1. The molecule has 2 heterocycles. The second-order valence-corrected chi connectivity index (χ2v) is 10.6. The number of hydrogen-bond acceptors (Lipinski definition) is 5. The van der Waals surface area contributed by atoms with E-state index >= 15 is 0 Å². The van der Waals surface area contributed by atoms with Crippen molar-refractivity contribution in [1.82, 2.24) is 9.29 Å². The Morgan fingerprint density at radius 2 is 1.71 bits per heavy atom. The monoisotopic (exact) mass is 531 g/mol. The van der Waals surface area contributed by atoms with Gasteiger partial charge in [0, 0.05) is 41.6 Å². The Morgan fingerprint density at radius 1 is 1.00 bits per heavy atom. The zero-order chi connectivity index (χ0) is 22.2. The van der Waals surface area contributed by atoms with E-state index in [0.717, 1.165) is 37.3 Å². The number of thiazole rings is 1. The maximum atomic E-state index is 13.3. The molecule has 0 saturated carbocycles. The number of piperazine rings is 1. The Balaban J connectivity index is 1.50. The summed E-state index contributed by atoms with van der Waals surface area (Å²) in [5.41, 5.74) is 0.633. The van der Waals surface area contributed by atoms with Crippen molar-refractivity contribution < 1.29 is 21.6 Å². The Hall–Kier alpha value is -1.95. The molecule has 0 bridgehead atoms. The zero-order valence-electron chi connectivity index (χ0n) is 16.0. The van der Waals surface area contributed by atoms with Crippen LogP contribution in [0.2, 0.25) is 0 Å². The Bertz CT molecular complexity index is 1190. The van der Waals surface area contributed by atoms with E-state index in [9.17, 15) is 21.6 Å². The maximum Gasteiger partial charge on any atom is 0.417 e. The van der Waals surface area contributed by atoms with Crippen molar-refractivity contribution in [2.45, 2.75) is 11.1 Å². The molecule has 3 aromatic rings. The molecule has 11 heteroatoms. The third-order valence-electron chi connectivity index (χ3n) is 4.93. The second-order valence-electron chi connectivity index (χ2n) is 6.91. The van der Waals surface area contributed by atoms with Crippen LogP contribution in [-0.2, 0) is 16.2 Å². The van der Waals surface area contributed by atoms with E-state index in [2.05, 4.69) is 20.9 Å². The van der Waals surface area contributed by atoms with Gasteiger partial charge in [0.2, 0.25) is 10.0 Å². The van der Waals surface area contributed by atoms with Gasteiger partial charge in [-0.1, -0.05) is 40.2 Å². The van der Waals surface area contributed by atoms with Gasteiger partial charge in [0.15, 0.2) is 5.13 Å². The van der Waals surface area contributed by atoms with E-state index < -0.39 is 26.7 Å². The molecule has 1 saturated heterocycles. The van der Waals surface area contributed by atoms with Crippen LogP contribution in [0.1, 0.15) is 5.56 Å². The molecule has 1 aliphatic heterocycles. The molecule has 1 aromatic heterocycles. The molecule has 0 spiro atoms. The molecule has 0 amide bonds. The number of nitrogens with zero attached hydrogens (tertiary/aromatic N) is 3. The predicted molar refractivity (Wildman–Crippen MR) is 118 cm³/mol. The fraction of sp³-hybridized carbons (Fsp3) is 0.250. The second kappa shape index (κ2) is 8.53. The Kier molecular flexibility index (Phi) is 6.12. The van der Waals surface area contributed by atoms with Crippen LogP contribution >= 0.6 is 27.3 Å². The topological polar surface area (TPSA) is 53.5 Å². The lowest BCUT2D eigenvalue weighted by Gasteiger charge is -2.34. The van der Waals surface area contributed by atoms with Crippen molar-refractivity contribution in [1.29, 1.82) is 0 Å². The fourth-order valence-corrected chi connectivity index (χ4v) is 6.30. The third kappa shape index (κ3) is 4.64. The first-order chi connectivity index (χ1) is 14.7. The number of anilines is 1. The summed E-state index contributed by atoms with van der Waals surface area (Å²) in [6, 6.07) is 12.0. The van der Waals surface area contributed by atoms with E-state index in [1.54, 1.807) is 0 Å². The molecular formula is C20H17BrF3N3O2S2. The lowest BCUT2D eigenvalue weighted by molar-refractivity contribution is -0.139. The summed E-state index contributed by atoms with van der Waals surface area (Å²) in [6.45, 7) is 0.859. The molecule has 0 atom stereocenters. The number of benzene rings is 2. The SMILES string of the molecule is O=S(=O)(c1ccccc1C(F)(F)F)N1CCN(c2nc(-c3cccc(Br)c3)cs2)CC1. The summed E-state index contributed by atoms with van der Waals surface area (Å²) < 4.78 is 67.8. The van der Waals surface area contributed by atoms with Crippen molar-refractivity contribution in [2.75, 3.05) is 31.1 Å². The molecule has 31 heavy (non-hydrogen) atoms. The Morgan fingerprint density at radius 3 is 2.39 bits per heavy atom. The minimum absolute atomic E-state index is 0.0837. The average Bonchev–Trinajstić information content (AvgIpc) is 3.24. The van der Waals surface area contributed by atoms with E-state index in [1.165, 1.54) is 23.5 Å². The van der Waals surface area contributed by atoms with Crippen LogP contribution in [0.25, 0.3) is 11.3 Å². The molecule has 4 rings (SSSR count). The summed E-state index contributed by atoms with van der Waals surface area (Å²) in [5.74, 6) is 0. The first-order valence-electron chi connectivity index (χ1n) is 9.29. The first-order valence-corrected chi connectivity index (χ1v) is 12.4. The van der Waals surface area contributed by atoms with Crippen molar-refractivity contribution in [3.8, 4) is 11.3 Å². The van der Waals surface area contributed by atoms with Crippen LogP contribution in [0.4, 0.5) is 18.3 Å². The Labute approximate surface area is 190 Å². The van der Waals surface area contributed by atoms with Gasteiger partial charge in [-0.2, -0.15) is 17.5 Å².